The van der Waals surface area contributed by atoms with Crippen LogP contribution in [0.15, 0.2) is 34.3 Å². The zero-order chi connectivity index (χ0) is 19.0. The Morgan fingerprint density at radius 3 is 2.69 bits per heavy atom. The van der Waals surface area contributed by atoms with Crippen molar-refractivity contribution in [1.82, 2.24) is 15.5 Å². The average molecular weight is 399 g/mol. The van der Waals surface area contributed by atoms with E-state index >= 15 is 0 Å². The lowest BCUT2D eigenvalue weighted by Gasteiger charge is -2.12. The first kappa shape index (κ1) is 20.8. The fourth-order valence-electron chi connectivity index (χ4n) is 2.45. The molecule has 0 amide bonds. The summed E-state index contributed by atoms with van der Waals surface area (Å²) in [5, 5.41) is 7.75. The summed E-state index contributed by atoms with van der Waals surface area (Å²) in [5.41, 5.74) is 4.32. The van der Waals surface area contributed by atoms with Crippen molar-refractivity contribution in [3.05, 3.63) is 29.8 Å². The van der Waals surface area contributed by atoms with E-state index in [-0.39, 0.29) is 11.0 Å². The molecule has 2 rings (SSSR count). The quantitative estimate of drug-likeness (QED) is 0.351. The Morgan fingerprint density at radius 1 is 1.35 bits per heavy atom. The van der Waals surface area contributed by atoms with Gasteiger partial charge in [0.05, 0.1) is 16.7 Å². The highest BCUT2D eigenvalue weighted by atomic mass is 32.2. The first-order valence-corrected chi connectivity index (χ1v) is 10.6. The minimum atomic E-state index is -3.45. The summed E-state index contributed by atoms with van der Waals surface area (Å²) in [6.45, 7) is 5.64. The molecule has 26 heavy (non-hydrogen) atoms. The van der Waals surface area contributed by atoms with Crippen LogP contribution in [0.5, 0.6) is 0 Å². The molecule has 1 aliphatic rings. The summed E-state index contributed by atoms with van der Waals surface area (Å²) >= 11 is 5.19. The number of hydrogen-bond acceptors (Lipinski definition) is 5. The summed E-state index contributed by atoms with van der Waals surface area (Å²) in [5.74, 6) is 0. The van der Waals surface area contributed by atoms with Gasteiger partial charge in [0.15, 0.2) is 5.11 Å². The molecule has 144 valence electrons. The van der Waals surface area contributed by atoms with Gasteiger partial charge < -0.3 is 10.1 Å². The fraction of sp³-hybridized carbons (Fsp3) is 0.529. The molecule has 1 heterocycles. The van der Waals surface area contributed by atoms with E-state index in [9.17, 15) is 8.42 Å². The van der Waals surface area contributed by atoms with Gasteiger partial charge in [-0.1, -0.05) is 19.1 Å². The molecule has 0 aromatic heterocycles. The summed E-state index contributed by atoms with van der Waals surface area (Å²) < 4.78 is 32.2. The first-order valence-electron chi connectivity index (χ1n) is 8.72. The van der Waals surface area contributed by atoms with E-state index < -0.39 is 10.0 Å². The SMILES string of the molecule is CCCNS(=O)(=O)c1ccc(/C(C)=N\NC(=S)NC[C@H]2CCCO2)cc1. The molecule has 1 aromatic carbocycles. The molecule has 1 saturated heterocycles. The average Bonchev–Trinajstić information content (AvgIpc) is 3.16. The van der Waals surface area contributed by atoms with E-state index in [0.717, 1.165) is 31.4 Å². The van der Waals surface area contributed by atoms with E-state index in [0.29, 0.717) is 23.9 Å². The maximum Gasteiger partial charge on any atom is 0.240 e. The number of hydrazone groups is 1. The first-order chi connectivity index (χ1) is 12.4. The highest BCUT2D eigenvalue weighted by Gasteiger charge is 2.15. The Bertz CT molecular complexity index is 727. The van der Waals surface area contributed by atoms with Crippen molar-refractivity contribution in [3.63, 3.8) is 0 Å². The van der Waals surface area contributed by atoms with Crippen molar-refractivity contribution >= 4 is 33.1 Å². The number of rotatable bonds is 8. The lowest BCUT2D eigenvalue weighted by Crippen LogP contribution is -2.37. The molecule has 1 fully saturated rings. The normalized spacial score (nSPS) is 17.9. The molecule has 9 heteroatoms. The molecule has 0 radical (unpaired) electrons. The second kappa shape index (κ2) is 9.96. The zero-order valence-corrected chi connectivity index (χ0v) is 16.8. The van der Waals surface area contributed by atoms with Gasteiger partial charge in [-0.05, 0) is 56.1 Å². The Morgan fingerprint density at radius 2 is 2.08 bits per heavy atom. The standard InChI is InChI=1S/C17H26N4O3S2/c1-3-10-19-26(22,23)16-8-6-14(7-9-16)13(2)20-21-17(25)18-12-15-5-4-11-24-15/h6-9,15,19H,3-5,10-12H2,1-2H3,(H2,18,21,25)/b20-13-/t15-/m1/s1. The number of nitrogens with one attached hydrogen (secondary N) is 3. The van der Waals surface area contributed by atoms with Gasteiger partial charge in [0.25, 0.3) is 0 Å². The maximum atomic E-state index is 12.1. The van der Waals surface area contributed by atoms with Crippen molar-refractivity contribution in [3.8, 4) is 0 Å². The van der Waals surface area contributed by atoms with E-state index in [1.54, 1.807) is 24.3 Å². The third-order valence-corrected chi connectivity index (χ3v) is 5.68. The molecule has 1 aliphatic heterocycles. The van der Waals surface area contributed by atoms with E-state index in [4.69, 9.17) is 17.0 Å². The molecule has 3 N–H and O–H groups in total. The van der Waals surface area contributed by atoms with Crippen LogP contribution in [-0.2, 0) is 14.8 Å². The third-order valence-electron chi connectivity index (χ3n) is 3.96. The van der Waals surface area contributed by atoms with Gasteiger partial charge in [-0.25, -0.2) is 13.1 Å². The molecular formula is C17H26N4O3S2. The van der Waals surface area contributed by atoms with Gasteiger partial charge in [-0.15, -0.1) is 0 Å². The molecule has 0 unspecified atom stereocenters. The number of benzene rings is 1. The summed E-state index contributed by atoms with van der Waals surface area (Å²) in [6.07, 6.45) is 3.08. The molecule has 1 aromatic rings. The van der Waals surface area contributed by atoms with E-state index in [1.165, 1.54) is 0 Å². The predicted molar refractivity (Wildman–Crippen MR) is 107 cm³/mol. The van der Waals surface area contributed by atoms with E-state index in [2.05, 4.69) is 20.6 Å². The van der Waals surface area contributed by atoms with Crippen LogP contribution in [0.3, 0.4) is 0 Å². The van der Waals surface area contributed by atoms with Crippen molar-refractivity contribution in [1.29, 1.82) is 0 Å². The fourth-order valence-corrected chi connectivity index (χ4v) is 3.71. The highest BCUT2D eigenvalue weighted by molar-refractivity contribution is 7.89. The van der Waals surface area contributed by atoms with Crippen LogP contribution < -0.4 is 15.5 Å². The molecular weight excluding hydrogens is 372 g/mol. The topological polar surface area (TPSA) is 91.8 Å². The molecule has 7 nitrogen and oxygen atoms in total. The molecule has 0 saturated carbocycles. The van der Waals surface area contributed by atoms with Crippen molar-refractivity contribution in [2.45, 2.75) is 44.1 Å². The Kier molecular flexibility index (Phi) is 7.95. The van der Waals surface area contributed by atoms with Gasteiger partial charge in [-0.2, -0.15) is 5.10 Å². The Hall–Kier alpha value is -1.55. The van der Waals surface area contributed by atoms with Gasteiger partial charge in [0, 0.05) is 19.7 Å². The molecule has 0 aliphatic carbocycles. The monoisotopic (exact) mass is 398 g/mol. The molecule has 0 bridgehead atoms. The second-order valence-electron chi connectivity index (χ2n) is 6.08. The third kappa shape index (κ3) is 6.31. The second-order valence-corrected chi connectivity index (χ2v) is 8.25. The maximum absolute atomic E-state index is 12.1. The summed E-state index contributed by atoms with van der Waals surface area (Å²) in [4.78, 5) is 0.240. The zero-order valence-electron chi connectivity index (χ0n) is 15.1. The van der Waals surface area contributed by atoms with Crippen LogP contribution in [0.2, 0.25) is 0 Å². The number of hydrogen-bond donors (Lipinski definition) is 3. The molecule has 1 atom stereocenters. The lowest BCUT2D eigenvalue weighted by molar-refractivity contribution is 0.114. The minimum absolute atomic E-state index is 0.204. The highest BCUT2D eigenvalue weighted by Crippen LogP contribution is 2.12. The number of ether oxygens (including phenoxy) is 1. The molecule has 0 spiro atoms. The van der Waals surface area contributed by atoms with Crippen molar-refractivity contribution in [2.24, 2.45) is 5.10 Å². The number of sulfonamides is 1. The van der Waals surface area contributed by atoms with Crippen molar-refractivity contribution in [2.75, 3.05) is 19.7 Å². The van der Waals surface area contributed by atoms with Crippen LogP contribution in [0.1, 0.15) is 38.7 Å². The van der Waals surface area contributed by atoms with Gasteiger partial charge in [-0.3, -0.25) is 5.43 Å². The summed E-state index contributed by atoms with van der Waals surface area (Å²) in [6, 6.07) is 6.59. The van der Waals surface area contributed by atoms with Crippen molar-refractivity contribution < 1.29 is 13.2 Å². The van der Waals surface area contributed by atoms with Crippen LogP contribution in [0, 0.1) is 0 Å². The lowest BCUT2D eigenvalue weighted by atomic mass is 10.1. The Labute approximate surface area is 160 Å². The van der Waals surface area contributed by atoms with Gasteiger partial charge in [0.1, 0.15) is 0 Å². The largest absolute Gasteiger partial charge is 0.376 e. The Balaban J connectivity index is 1.88. The van der Waals surface area contributed by atoms with Crippen LogP contribution in [-0.4, -0.2) is 45.0 Å². The smallest absolute Gasteiger partial charge is 0.240 e. The van der Waals surface area contributed by atoms with E-state index in [1.807, 2.05) is 13.8 Å². The van der Waals surface area contributed by atoms with Gasteiger partial charge >= 0.3 is 0 Å². The predicted octanol–water partition coefficient (Wildman–Crippen LogP) is 1.74. The van der Waals surface area contributed by atoms with Crippen LogP contribution in [0.25, 0.3) is 0 Å². The number of thiocarbonyl (C=S) groups is 1. The van der Waals surface area contributed by atoms with Gasteiger partial charge in [0.2, 0.25) is 10.0 Å². The van der Waals surface area contributed by atoms with Crippen LogP contribution >= 0.6 is 12.2 Å². The minimum Gasteiger partial charge on any atom is -0.376 e. The van der Waals surface area contributed by atoms with Crippen LogP contribution in [0.4, 0.5) is 0 Å². The summed E-state index contributed by atoms with van der Waals surface area (Å²) in [7, 11) is -3.45. The number of nitrogens with zero attached hydrogens (tertiary/aromatic N) is 1.